The van der Waals surface area contributed by atoms with Gasteiger partial charge in [0.1, 0.15) is 5.82 Å². The van der Waals surface area contributed by atoms with E-state index in [0.29, 0.717) is 0 Å². The lowest BCUT2D eigenvalue weighted by Crippen LogP contribution is -2.47. The van der Waals surface area contributed by atoms with Crippen molar-refractivity contribution in [2.24, 2.45) is 0 Å². The second kappa shape index (κ2) is 7.74. The molecule has 5 nitrogen and oxygen atoms in total. The monoisotopic (exact) mass is 385 g/mol. The van der Waals surface area contributed by atoms with Crippen molar-refractivity contribution in [1.82, 2.24) is 9.97 Å². The number of fused-ring (bicyclic) bond motifs is 1. The molecule has 5 rings (SSSR count). The summed E-state index contributed by atoms with van der Waals surface area (Å²) in [5.41, 5.74) is 5.49. The third-order valence-electron chi connectivity index (χ3n) is 6.01. The fraction of sp³-hybridized carbons (Fsp3) is 0.333. The van der Waals surface area contributed by atoms with Gasteiger partial charge in [-0.25, -0.2) is 4.98 Å². The highest BCUT2D eigenvalue weighted by molar-refractivity contribution is 5.51. The zero-order valence-corrected chi connectivity index (χ0v) is 17.0. The molecule has 0 radical (unpaired) electrons. The predicted octanol–water partition coefficient (Wildman–Crippen LogP) is 3.67. The van der Waals surface area contributed by atoms with Crippen LogP contribution in [0.2, 0.25) is 0 Å². The molecule has 2 aromatic carbocycles. The van der Waals surface area contributed by atoms with Crippen molar-refractivity contribution >= 4 is 17.5 Å². The lowest BCUT2D eigenvalue weighted by molar-refractivity contribution is 0.637. The van der Waals surface area contributed by atoms with Crippen LogP contribution in [0.5, 0.6) is 0 Å². The molecule has 0 atom stereocenters. The molecule has 0 bridgehead atoms. The van der Waals surface area contributed by atoms with E-state index in [-0.39, 0.29) is 0 Å². The van der Waals surface area contributed by atoms with Gasteiger partial charge in [-0.3, -0.25) is 0 Å². The van der Waals surface area contributed by atoms with E-state index in [1.54, 1.807) is 0 Å². The van der Waals surface area contributed by atoms with E-state index in [1.165, 1.54) is 22.4 Å². The number of benzene rings is 2. The highest BCUT2D eigenvalue weighted by Gasteiger charge is 2.22. The average Bonchev–Trinajstić information content (AvgIpc) is 2.79. The van der Waals surface area contributed by atoms with E-state index in [0.717, 1.165) is 57.5 Å². The van der Waals surface area contributed by atoms with Crippen LogP contribution >= 0.6 is 0 Å². The molecule has 2 aliphatic rings. The van der Waals surface area contributed by atoms with Crippen molar-refractivity contribution in [2.75, 3.05) is 47.4 Å². The summed E-state index contributed by atoms with van der Waals surface area (Å²) >= 11 is 0. The second-order valence-corrected chi connectivity index (χ2v) is 7.97. The van der Waals surface area contributed by atoms with Gasteiger partial charge in [-0.1, -0.05) is 36.4 Å². The molecule has 3 heterocycles. The first-order valence-corrected chi connectivity index (χ1v) is 10.5. The largest absolute Gasteiger partial charge is 0.368 e. The minimum absolute atomic E-state index is 0.852. The van der Waals surface area contributed by atoms with E-state index in [2.05, 4.69) is 75.1 Å². The smallest absolute Gasteiger partial charge is 0.227 e. The first-order chi connectivity index (χ1) is 14.3. The lowest BCUT2D eigenvalue weighted by atomic mass is 10.00. The Balaban J connectivity index is 1.27. The van der Waals surface area contributed by atoms with Gasteiger partial charge in [0.25, 0.3) is 0 Å². The Morgan fingerprint density at radius 2 is 1.55 bits per heavy atom. The maximum atomic E-state index is 4.93. The standard InChI is InChI=1S/C24H27N5/c1-19-5-4-8-22(17-19)27-13-15-28(16-14-27)24-25-11-9-23(26-24)29-12-10-20-6-2-3-7-21(20)18-29/h2-9,11,17H,10,12-16,18H2,1H3. The van der Waals surface area contributed by atoms with Crippen molar-refractivity contribution in [3.05, 3.63) is 77.5 Å². The van der Waals surface area contributed by atoms with Crippen LogP contribution in [0.4, 0.5) is 17.5 Å². The summed E-state index contributed by atoms with van der Waals surface area (Å²) in [4.78, 5) is 16.6. The molecule has 0 saturated carbocycles. The predicted molar refractivity (Wildman–Crippen MR) is 119 cm³/mol. The van der Waals surface area contributed by atoms with Crippen molar-refractivity contribution in [3.63, 3.8) is 0 Å². The minimum atomic E-state index is 0.852. The van der Waals surface area contributed by atoms with Crippen LogP contribution in [-0.4, -0.2) is 42.7 Å². The third kappa shape index (κ3) is 3.77. The molecule has 2 aliphatic heterocycles. The number of piperazine rings is 1. The second-order valence-electron chi connectivity index (χ2n) is 7.97. The van der Waals surface area contributed by atoms with Crippen molar-refractivity contribution < 1.29 is 0 Å². The fourth-order valence-corrected chi connectivity index (χ4v) is 4.35. The van der Waals surface area contributed by atoms with Crippen molar-refractivity contribution in [2.45, 2.75) is 19.9 Å². The highest BCUT2D eigenvalue weighted by Crippen LogP contribution is 2.25. The number of aromatic nitrogens is 2. The van der Waals surface area contributed by atoms with Gasteiger partial charge in [0.05, 0.1) is 0 Å². The lowest BCUT2D eigenvalue weighted by Gasteiger charge is -2.36. The van der Waals surface area contributed by atoms with Crippen LogP contribution in [-0.2, 0) is 13.0 Å². The molecule has 0 amide bonds. The van der Waals surface area contributed by atoms with Gasteiger partial charge in [0, 0.05) is 51.2 Å². The molecule has 1 aromatic heterocycles. The van der Waals surface area contributed by atoms with Gasteiger partial charge in [-0.05, 0) is 48.2 Å². The zero-order chi connectivity index (χ0) is 19.6. The number of aryl methyl sites for hydroxylation is 1. The Hall–Kier alpha value is -3.08. The molecule has 1 saturated heterocycles. The maximum Gasteiger partial charge on any atom is 0.227 e. The summed E-state index contributed by atoms with van der Waals surface area (Å²) in [7, 11) is 0. The highest BCUT2D eigenvalue weighted by atomic mass is 15.3. The molecule has 3 aromatic rings. The summed E-state index contributed by atoms with van der Waals surface area (Å²) in [6, 6.07) is 19.5. The van der Waals surface area contributed by atoms with Crippen LogP contribution in [0, 0.1) is 6.92 Å². The summed E-state index contributed by atoms with van der Waals surface area (Å²) in [6.07, 6.45) is 2.98. The molecule has 148 valence electrons. The summed E-state index contributed by atoms with van der Waals surface area (Å²) < 4.78 is 0. The van der Waals surface area contributed by atoms with Gasteiger partial charge in [-0.15, -0.1) is 0 Å². The molecule has 0 aliphatic carbocycles. The average molecular weight is 386 g/mol. The number of rotatable bonds is 3. The van der Waals surface area contributed by atoms with Crippen molar-refractivity contribution in [3.8, 4) is 0 Å². The normalized spacial score (nSPS) is 16.7. The van der Waals surface area contributed by atoms with Gasteiger partial charge < -0.3 is 14.7 Å². The van der Waals surface area contributed by atoms with Gasteiger partial charge >= 0.3 is 0 Å². The molecule has 0 N–H and O–H groups in total. The topological polar surface area (TPSA) is 35.5 Å². The number of nitrogens with zero attached hydrogens (tertiary/aromatic N) is 5. The van der Waals surface area contributed by atoms with E-state index in [9.17, 15) is 0 Å². The number of hydrogen-bond donors (Lipinski definition) is 0. The Morgan fingerprint density at radius 3 is 2.38 bits per heavy atom. The zero-order valence-electron chi connectivity index (χ0n) is 17.0. The first kappa shape index (κ1) is 18.0. The molecular formula is C24H27N5. The molecule has 1 fully saturated rings. The van der Waals surface area contributed by atoms with Gasteiger partial charge in [-0.2, -0.15) is 4.98 Å². The van der Waals surface area contributed by atoms with Crippen LogP contribution in [0.1, 0.15) is 16.7 Å². The number of anilines is 3. The number of hydrogen-bond acceptors (Lipinski definition) is 5. The molecule has 0 unspecified atom stereocenters. The minimum Gasteiger partial charge on any atom is -0.368 e. The van der Waals surface area contributed by atoms with E-state index in [1.807, 2.05) is 12.3 Å². The first-order valence-electron chi connectivity index (χ1n) is 10.5. The van der Waals surface area contributed by atoms with E-state index < -0.39 is 0 Å². The molecular weight excluding hydrogens is 358 g/mol. The SMILES string of the molecule is Cc1cccc(N2CCN(c3nccc(N4CCc5ccccc5C4)n3)CC2)c1. The van der Waals surface area contributed by atoms with Crippen LogP contribution in [0.25, 0.3) is 0 Å². The Morgan fingerprint density at radius 1 is 0.759 bits per heavy atom. The Labute approximate surface area is 172 Å². The molecule has 29 heavy (non-hydrogen) atoms. The fourth-order valence-electron chi connectivity index (χ4n) is 4.35. The molecule has 5 heteroatoms. The van der Waals surface area contributed by atoms with E-state index in [4.69, 9.17) is 4.98 Å². The Bertz CT molecular complexity index is 994. The van der Waals surface area contributed by atoms with Crippen LogP contribution in [0.15, 0.2) is 60.8 Å². The van der Waals surface area contributed by atoms with Gasteiger partial charge in [0.15, 0.2) is 0 Å². The summed E-state index contributed by atoms with van der Waals surface area (Å²) in [5, 5.41) is 0. The van der Waals surface area contributed by atoms with E-state index >= 15 is 0 Å². The maximum absolute atomic E-state index is 4.93. The third-order valence-corrected chi connectivity index (χ3v) is 6.01. The van der Waals surface area contributed by atoms with Crippen LogP contribution < -0.4 is 14.7 Å². The molecule has 0 spiro atoms. The van der Waals surface area contributed by atoms with Crippen molar-refractivity contribution in [1.29, 1.82) is 0 Å². The van der Waals surface area contributed by atoms with Crippen LogP contribution in [0.3, 0.4) is 0 Å². The summed E-state index contributed by atoms with van der Waals surface area (Å²) in [5.74, 6) is 1.89. The summed E-state index contributed by atoms with van der Waals surface area (Å²) in [6.45, 7) is 7.96. The van der Waals surface area contributed by atoms with Gasteiger partial charge in [0.2, 0.25) is 5.95 Å². The quantitative estimate of drug-likeness (QED) is 0.687. The Kier molecular flexibility index (Phi) is 4.80.